The normalized spacial score (nSPS) is 48.2. The second-order valence-electron chi connectivity index (χ2n) is 12.1. The molecular formula is C27H36O10. The summed E-state index contributed by atoms with van der Waals surface area (Å²) in [4.78, 5) is 50.2. The molecule has 0 aromatic rings. The predicted octanol–water partition coefficient (Wildman–Crippen LogP) is 1.51. The Bertz CT molecular complexity index is 1130. The van der Waals surface area contributed by atoms with E-state index in [2.05, 4.69) is 0 Å². The first-order chi connectivity index (χ1) is 17.1. The molecule has 1 heterocycles. The fraction of sp³-hybridized carbons (Fsp3) is 0.778. The van der Waals surface area contributed by atoms with Crippen molar-refractivity contribution in [3.05, 3.63) is 11.6 Å². The molecule has 5 aliphatic rings. The van der Waals surface area contributed by atoms with Gasteiger partial charge in [0.2, 0.25) is 0 Å². The van der Waals surface area contributed by atoms with Crippen molar-refractivity contribution in [2.45, 2.75) is 89.5 Å². The lowest BCUT2D eigenvalue weighted by atomic mass is 9.58. The summed E-state index contributed by atoms with van der Waals surface area (Å²) in [6.45, 7) is 11.0. The molecule has 3 saturated carbocycles. The number of ether oxygens (including phenoxy) is 5. The summed E-state index contributed by atoms with van der Waals surface area (Å²) in [6.07, 6.45) is 0.231. The zero-order valence-electron chi connectivity index (χ0n) is 22.6. The largest absolute Gasteiger partial charge is 0.463 e. The Morgan fingerprint density at radius 1 is 1.14 bits per heavy atom. The van der Waals surface area contributed by atoms with Gasteiger partial charge in [0.25, 0.3) is 0 Å². The van der Waals surface area contributed by atoms with Gasteiger partial charge in [0.05, 0.1) is 11.7 Å². The van der Waals surface area contributed by atoms with Crippen LogP contribution < -0.4 is 0 Å². The Kier molecular flexibility index (Phi) is 5.43. The van der Waals surface area contributed by atoms with E-state index in [-0.39, 0.29) is 18.8 Å². The van der Waals surface area contributed by atoms with E-state index in [9.17, 15) is 24.3 Å². The number of aliphatic hydroxyl groups is 1. The van der Waals surface area contributed by atoms with Crippen molar-refractivity contribution in [1.82, 2.24) is 0 Å². The molecule has 0 bridgehead atoms. The van der Waals surface area contributed by atoms with Crippen LogP contribution >= 0.6 is 0 Å². The topological polar surface area (TPSA) is 138 Å². The molecule has 5 rings (SSSR count). The first kappa shape index (κ1) is 26.3. The molecule has 1 aliphatic heterocycles. The van der Waals surface area contributed by atoms with Crippen LogP contribution in [0.25, 0.3) is 0 Å². The Morgan fingerprint density at radius 3 is 2.32 bits per heavy atom. The maximum absolute atomic E-state index is 13.7. The Morgan fingerprint density at radius 2 is 1.78 bits per heavy atom. The minimum absolute atomic E-state index is 0.0727. The fourth-order valence-corrected chi connectivity index (χ4v) is 8.53. The number of carbonyl (C=O) groups excluding carboxylic acids is 4. The first-order valence-electron chi connectivity index (χ1n) is 12.8. The highest BCUT2D eigenvalue weighted by molar-refractivity contribution is 6.05. The molecule has 10 heteroatoms. The second-order valence-corrected chi connectivity index (χ2v) is 12.1. The summed E-state index contributed by atoms with van der Waals surface area (Å²) in [5.74, 6) is -4.55. The number of fused-ring (bicyclic) bond motifs is 7. The van der Waals surface area contributed by atoms with Crippen molar-refractivity contribution >= 4 is 23.7 Å². The SMILES string of the molecule is COC12CC3(COC(C)=O)OC3C3C4C(C)(C)C4(OC(C)=O)C(OC(C)=O)C(C)C3(O)C1C=C(C)C2=O. The monoisotopic (exact) mass is 520 g/mol. The van der Waals surface area contributed by atoms with E-state index >= 15 is 0 Å². The van der Waals surface area contributed by atoms with Gasteiger partial charge >= 0.3 is 17.9 Å². The zero-order valence-corrected chi connectivity index (χ0v) is 22.6. The van der Waals surface area contributed by atoms with Gasteiger partial charge in [-0.2, -0.15) is 0 Å². The number of carbonyl (C=O) groups is 4. The Balaban J connectivity index is 1.74. The van der Waals surface area contributed by atoms with Crippen molar-refractivity contribution in [3.8, 4) is 0 Å². The van der Waals surface area contributed by atoms with Crippen molar-refractivity contribution in [2.75, 3.05) is 13.7 Å². The van der Waals surface area contributed by atoms with Crippen LogP contribution in [0.5, 0.6) is 0 Å². The number of methoxy groups -OCH3 is 1. The lowest BCUT2D eigenvalue weighted by molar-refractivity contribution is -0.239. The molecule has 0 radical (unpaired) electrons. The second kappa shape index (κ2) is 7.64. The van der Waals surface area contributed by atoms with Gasteiger partial charge in [-0.1, -0.05) is 26.8 Å². The van der Waals surface area contributed by atoms with E-state index in [1.807, 2.05) is 13.8 Å². The molecule has 4 aliphatic carbocycles. The smallest absolute Gasteiger partial charge is 0.303 e. The van der Waals surface area contributed by atoms with Gasteiger partial charge in [0.1, 0.15) is 23.9 Å². The van der Waals surface area contributed by atoms with Gasteiger partial charge in [-0.3, -0.25) is 19.2 Å². The van der Waals surface area contributed by atoms with Gasteiger partial charge in [-0.25, -0.2) is 0 Å². The number of Topliss-reactive ketones (excluding diaryl/α,β-unsaturated/α-hetero) is 1. The zero-order chi connectivity index (χ0) is 27.5. The van der Waals surface area contributed by atoms with Gasteiger partial charge in [0.15, 0.2) is 11.4 Å². The highest BCUT2D eigenvalue weighted by Crippen LogP contribution is 2.80. The average Bonchev–Trinajstić information content (AvgIpc) is 3.59. The standard InChI is InChI=1S/C27H36O10/c1-12-9-17-25(33-8,20(12)31)10-24(11-34-14(3)28)22(37-24)18-19-23(6,7)27(19,36-16(5)30)21(35-15(4)29)13(2)26(17,18)32/h9,13,17-19,21-22,32H,10-11H2,1-8H3. The molecular weight excluding hydrogens is 484 g/mol. The molecule has 10 nitrogen and oxygen atoms in total. The molecule has 1 saturated heterocycles. The van der Waals surface area contributed by atoms with E-state index in [1.165, 1.54) is 27.9 Å². The maximum atomic E-state index is 13.7. The fourth-order valence-electron chi connectivity index (χ4n) is 8.53. The minimum Gasteiger partial charge on any atom is -0.463 e. The molecule has 0 aromatic heterocycles. The van der Waals surface area contributed by atoms with Crippen LogP contribution in [0.3, 0.4) is 0 Å². The molecule has 10 unspecified atom stereocenters. The van der Waals surface area contributed by atoms with Gasteiger partial charge in [-0.15, -0.1) is 0 Å². The van der Waals surface area contributed by atoms with E-state index < -0.39 is 81.6 Å². The third-order valence-corrected chi connectivity index (χ3v) is 10.0. The van der Waals surface area contributed by atoms with Crippen molar-refractivity contribution in [3.63, 3.8) is 0 Å². The summed E-state index contributed by atoms with van der Waals surface area (Å²) < 4.78 is 29.6. The van der Waals surface area contributed by atoms with Crippen LogP contribution in [0.4, 0.5) is 0 Å². The molecule has 1 N–H and O–H groups in total. The number of esters is 3. The quantitative estimate of drug-likeness (QED) is 0.322. The maximum Gasteiger partial charge on any atom is 0.303 e. The third-order valence-electron chi connectivity index (χ3n) is 10.0. The Hall–Kier alpha value is -2.30. The molecule has 0 aromatic carbocycles. The number of ketones is 1. The molecule has 10 atom stereocenters. The summed E-state index contributed by atoms with van der Waals surface area (Å²) in [6, 6.07) is 0. The van der Waals surface area contributed by atoms with Gasteiger partial charge in [0, 0.05) is 63.4 Å². The van der Waals surface area contributed by atoms with Gasteiger partial charge in [-0.05, 0) is 12.5 Å². The minimum atomic E-state index is -1.65. The van der Waals surface area contributed by atoms with Crippen molar-refractivity contribution in [1.29, 1.82) is 0 Å². The van der Waals surface area contributed by atoms with Crippen LogP contribution in [-0.2, 0) is 42.9 Å². The van der Waals surface area contributed by atoms with E-state index in [0.717, 1.165) is 0 Å². The van der Waals surface area contributed by atoms with E-state index in [4.69, 9.17) is 23.7 Å². The van der Waals surface area contributed by atoms with Crippen LogP contribution in [0, 0.1) is 29.1 Å². The predicted molar refractivity (Wildman–Crippen MR) is 126 cm³/mol. The van der Waals surface area contributed by atoms with Crippen LogP contribution in [-0.4, -0.2) is 77.1 Å². The Labute approximate surface area is 216 Å². The number of hydrogen-bond acceptors (Lipinski definition) is 10. The van der Waals surface area contributed by atoms with Crippen LogP contribution in [0.15, 0.2) is 11.6 Å². The van der Waals surface area contributed by atoms with Crippen LogP contribution in [0.2, 0.25) is 0 Å². The van der Waals surface area contributed by atoms with Crippen molar-refractivity contribution < 1.29 is 48.0 Å². The summed E-state index contributed by atoms with van der Waals surface area (Å²) in [5.41, 5.74) is -5.66. The lowest BCUT2D eigenvalue weighted by Crippen LogP contribution is -2.67. The highest BCUT2D eigenvalue weighted by Gasteiger charge is 2.92. The number of hydrogen-bond donors (Lipinski definition) is 1. The molecule has 37 heavy (non-hydrogen) atoms. The molecule has 204 valence electrons. The molecule has 0 amide bonds. The number of epoxide rings is 1. The molecule has 4 fully saturated rings. The summed E-state index contributed by atoms with van der Waals surface area (Å²) in [5, 5.41) is 12.9. The highest BCUT2D eigenvalue weighted by atomic mass is 16.7. The summed E-state index contributed by atoms with van der Waals surface area (Å²) >= 11 is 0. The first-order valence-corrected chi connectivity index (χ1v) is 12.8. The summed E-state index contributed by atoms with van der Waals surface area (Å²) in [7, 11) is 1.43. The lowest BCUT2D eigenvalue weighted by Gasteiger charge is -2.54. The number of rotatable bonds is 5. The van der Waals surface area contributed by atoms with E-state index in [1.54, 1.807) is 19.9 Å². The molecule has 0 spiro atoms. The average molecular weight is 521 g/mol. The van der Waals surface area contributed by atoms with Crippen LogP contribution in [0.1, 0.15) is 54.9 Å². The van der Waals surface area contributed by atoms with Gasteiger partial charge < -0.3 is 28.8 Å². The van der Waals surface area contributed by atoms with E-state index in [0.29, 0.717) is 5.57 Å². The van der Waals surface area contributed by atoms with Crippen molar-refractivity contribution in [2.24, 2.45) is 29.1 Å². The third kappa shape index (κ3) is 3.03.